The van der Waals surface area contributed by atoms with Gasteiger partial charge in [-0.05, 0) is 38.3 Å². The molecule has 19 heavy (non-hydrogen) atoms. The zero-order chi connectivity index (χ0) is 13.2. The van der Waals surface area contributed by atoms with Gasteiger partial charge in [0.2, 0.25) is 0 Å². The number of hydrogen-bond donors (Lipinski definition) is 1. The molecule has 2 aromatic rings. The normalized spacial score (nSPS) is 13.3. The summed E-state index contributed by atoms with van der Waals surface area (Å²) in [6.45, 7) is 2.63. The second kappa shape index (κ2) is 4.88. The van der Waals surface area contributed by atoms with Crippen LogP contribution in [0.4, 0.5) is 5.69 Å². The molecule has 3 rings (SSSR count). The Hall–Kier alpha value is -2.10. The predicted octanol–water partition coefficient (Wildman–Crippen LogP) is 2.57. The van der Waals surface area contributed by atoms with Gasteiger partial charge >= 0.3 is 0 Å². The Kier molecular flexibility index (Phi) is 3.07. The first-order valence-corrected chi connectivity index (χ1v) is 6.74. The lowest BCUT2D eigenvalue weighted by atomic mass is 10.1. The van der Waals surface area contributed by atoms with Crippen molar-refractivity contribution in [2.24, 2.45) is 0 Å². The fraction of sp³-hybridized carbons (Fsp3) is 0.333. The minimum Gasteiger partial charge on any atom is -0.307 e. The highest BCUT2D eigenvalue weighted by molar-refractivity contribution is 6.05. The van der Waals surface area contributed by atoms with Crippen LogP contribution in [0.2, 0.25) is 0 Å². The molecule has 4 heteroatoms. The lowest BCUT2D eigenvalue weighted by Crippen LogP contribution is -2.31. The lowest BCUT2D eigenvalue weighted by molar-refractivity contribution is 0.0982. The first-order chi connectivity index (χ1) is 9.31. The molecule has 1 N–H and O–H groups in total. The summed E-state index contributed by atoms with van der Waals surface area (Å²) >= 11 is 0. The summed E-state index contributed by atoms with van der Waals surface area (Å²) in [6.07, 6.45) is 3.08. The van der Waals surface area contributed by atoms with Gasteiger partial charge in [0.15, 0.2) is 5.69 Å². The molecule has 1 heterocycles. The number of amides is 1. The Morgan fingerprint density at radius 2 is 2.11 bits per heavy atom. The van der Waals surface area contributed by atoms with E-state index in [1.165, 1.54) is 0 Å². The predicted molar refractivity (Wildman–Crippen MR) is 74.4 cm³/mol. The highest BCUT2D eigenvalue weighted by atomic mass is 16.2. The number of H-pyrrole nitrogens is 1. The molecule has 1 aliphatic carbocycles. The van der Waals surface area contributed by atoms with E-state index in [-0.39, 0.29) is 5.91 Å². The SMILES string of the molecule is CCN(C(=O)c1n[nH]c2c1CCC2)c1ccccc1. The van der Waals surface area contributed by atoms with E-state index in [0.717, 1.165) is 36.2 Å². The minimum absolute atomic E-state index is 0.00639. The molecular weight excluding hydrogens is 238 g/mol. The Balaban J connectivity index is 1.94. The van der Waals surface area contributed by atoms with E-state index in [9.17, 15) is 4.79 Å². The standard InChI is InChI=1S/C15H17N3O/c1-2-18(11-7-4-3-5-8-11)15(19)14-12-9-6-10-13(12)16-17-14/h3-5,7-8H,2,6,9-10H2,1H3,(H,16,17). The summed E-state index contributed by atoms with van der Waals surface area (Å²) in [4.78, 5) is 14.4. The summed E-state index contributed by atoms with van der Waals surface area (Å²) in [5, 5.41) is 7.22. The van der Waals surface area contributed by atoms with Crippen LogP contribution in [0.3, 0.4) is 0 Å². The first-order valence-electron chi connectivity index (χ1n) is 6.74. The summed E-state index contributed by atoms with van der Waals surface area (Å²) in [5.41, 5.74) is 3.76. The molecule has 0 unspecified atom stereocenters. The van der Waals surface area contributed by atoms with Gasteiger partial charge in [-0.3, -0.25) is 9.89 Å². The van der Waals surface area contributed by atoms with Crippen LogP contribution >= 0.6 is 0 Å². The van der Waals surface area contributed by atoms with Crippen LogP contribution in [0, 0.1) is 0 Å². The molecule has 1 aromatic heterocycles. The number of aromatic amines is 1. The molecular formula is C15H17N3O. The Morgan fingerprint density at radius 3 is 2.84 bits per heavy atom. The van der Waals surface area contributed by atoms with Gasteiger partial charge in [-0.1, -0.05) is 18.2 Å². The van der Waals surface area contributed by atoms with Gasteiger partial charge in [-0.15, -0.1) is 0 Å². The van der Waals surface area contributed by atoms with Gasteiger partial charge in [0.25, 0.3) is 5.91 Å². The minimum atomic E-state index is -0.00639. The number of rotatable bonds is 3. The largest absolute Gasteiger partial charge is 0.307 e. The van der Waals surface area contributed by atoms with E-state index in [1.54, 1.807) is 4.90 Å². The summed E-state index contributed by atoms with van der Waals surface area (Å²) in [5.74, 6) is -0.00639. The summed E-state index contributed by atoms with van der Waals surface area (Å²) in [6, 6.07) is 9.75. The van der Waals surface area contributed by atoms with Crippen molar-refractivity contribution in [2.75, 3.05) is 11.4 Å². The highest BCUT2D eigenvalue weighted by Crippen LogP contribution is 2.25. The van der Waals surface area contributed by atoms with Crippen molar-refractivity contribution in [2.45, 2.75) is 26.2 Å². The average molecular weight is 255 g/mol. The number of nitrogens with zero attached hydrogens (tertiary/aromatic N) is 2. The number of aryl methyl sites for hydroxylation is 1. The van der Waals surface area contributed by atoms with Crippen LogP contribution in [-0.2, 0) is 12.8 Å². The maximum Gasteiger partial charge on any atom is 0.279 e. The van der Waals surface area contributed by atoms with E-state index in [2.05, 4.69) is 10.2 Å². The zero-order valence-corrected chi connectivity index (χ0v) is 11.0. The van der Waals surface area contributed by atoms with Crippen molar-refractivity contribution in [1.82, 2.24) is 10.2 Å². The fourth-order valence-electron chi connectivity index (χ4n) is 2.68. The Bertz CT molecular complexity index is 589. The smallest absolute Gasteiger partial charge is 0.279 e. The Labute approximate surface area is 112 Å². The van der Waals surface area contributed by atoms with Gasteiger partial charge < -0.3 is 4.90 Å². The number of carbonyl (C=O) groups is 1. The van der Waals surface area contributed by atoms with Crippen LogP contribution in [0.15, 0.2) is 30.3 Å². The molecule has 0 atom stereocenters. The number of nitrogens with one attached hydrogen (secondary N) is 1. The van der Waals surface area contributed by atoms with Gasteiger partial charge in [-0.25, -0.2) is 0 Å². The van der Waals surface area contributed by atoms with Crippen molar-refractivity contribution in [1.29, 1.82) is 0 Å². The van der Waals surface area contributed by atoms with Gasteiger partial charge in [0, 0.05) is 23.5 Å². The number of para-hydroxylation sites is 1. The molecule has 1 aliphatic rings. The number of hydrogen-bond acceptors (Lipinski definition) is 2. The van der Waals surface area contributed by atoms with Gasteiger partial charge in [-0.2, -0.15) is 5.10 Å². The lowest BCUT2D eigenvalue weighted by Gasteiger charge is -2.20. The number of anilines is 1. The summed E-state index contributed by atoms with van der Waals surface area (Å²) < 4.78 is 0. The fourth-order valence-corrected chi connectivity index (χ4v) is 2.68. The van der Waals surface area contributed by atoms with Crippen LogP contribution in [0.25, 0.3) is 0 Å². The van der Waals surface area contributed by atoms with Crippen molar-refractivity contribution in [3.05, 3.63) is 47.3 Å². The number of fused-ring (bicyclic) bond motifs is 1. The molecule has 0 saturated carbocycles. The average Bonchev–Trinajstić information content (AvgIpc) is 3.03. The molecule has 0 bridgehead atoms. The number of carbonyl (C=O) groups excluding carboxylic acids is 1. The van der Waals surface area contributed by atoms with Crippen molar-refractivity contribution < 1.29 is 4.79 Å². The molecule has 0 fully saturated rings. The van der Waals surface area contributed by atoms with Gasteiger partial charge in [0.05, 0.1) is 0 Å². The van der Waals surface area contributed by atoms with E-state index in [1.807, 2.05) is 37.3 Å². The monoisotopic (exact) mass is 255 g/mol. The number of aromatic nitrogens is 2. The maximum atomic E-state index is 12.6. The van der Waals surface area contributed by atoms with Crippen molar-refractivity contribution in [3.63, 3.8) is 0 Å². The molecule has 4 nitrogen and oxygen atoms in total. The first kappa shape index (κ1) is 12.0. The maximum absolute atomic E-state index is 12.6. The molecule has 0 spiro atoms. The summed E-state index contributed by atoms with van der Waals surface area (Å²) in [7, 11) is 0. The van der Waals surface area contributed by atoms with Crippen molar-refractivity contribution in [3.8, 4) is 0 Å². The van der Waals surface area contributed by atoms with E-state index in [4.69, 9.17) is 0 Å². The molecule has 1 amide bonds. The van der Waals surface area contributed by atoms with Crippen LogP contribution < -0.4 is 4.90 Å². The molecule has 1 aromatic carbocycles. The molecule has 0 radical (unpaired) electrons. The van der Waals surface area contributed by atoms with Crippen molar-refractivity contribution >= 4 is 11.6 Å². The van der Waals surface area contributed by atoms with E-state index < -0.39 is 0 Å². The van der Waals surface area contributed by atoms with E-state index in [0.29, 0.717) is 12.2 Å². The zero-order valence-electron chi connectivity index (χ0n) is 11.0. The highest BCUT2D eigenvalue weighted by Gasteiger charge is 2.26. The second-order valence-corrected chi connectivity index (χ2v) is 4.77. The van der Waals surface area contributed by atoms with Crippen LogP contribution in [0.1, 0.15) is 35.1 Å². The Morgan fingerprint density at radius 1 is 1.32 bits per heavy atom. The molecule has 0 saturated heterocycles. The molecule has 98 valence electrons. The quantitative estimate of drug-likeness (QED) is 0.916. The number of benzene rings is 1. The second-order valence-electron chi connectivity index (χ2n) is 4.77. The van der Waals surface area contributed by atoms with E-state index >= 15 is 0 Å². The van der Waals surface area contributed by atoms with Crippen LogP contribution in [-0.4, -0.2) is 22.6 Å². The third-order valence-corrected chi connectivity index (χ3v) is 3.64. The molecule has 0 aliphatic heterocycles. The topological polar surface area (TPSA) is 49.0 Å². The third kappa shape index (κ3) is 2.03. The third-order valence-electron chi connectivity index (χ3n) is 3.64. The van der Waals surface area contributed by atoms with Gasteiger partial charge in [0.1, 0.15) is 0 Å². The van der Waals surface area contributed by atoms with Crippen LogP contribution in [0.5, 0.6) is 0 Å².